The first-order valence-electron chi connectivity index (χ1n) is 6.91. The maximum atomic E-state index is 11.3. The van der Waals surface area contributed by atoms with Crippen molar-refractivity contribution in [1.29, 1.82) is 0 Å². The molecule has 0 aliphatic carbocycles. The maximum Gasteiger partial charge on any atom is 0.305 e. The molecule has 10 heteroatoms. The van der Waals surface area contributed by atoms with Gasteiger partial charge in [-0.3, -0.25) is 20.0 Å². The number of carbonyl (C=O) groups is 2. The highest BCUT2D eigenvalue weighted by Crippen LogP contribution is 2.31. The van der Waals surface area contributed by atoms with Crippen LogP contribution in [0.2, 0.25) is 0 Å². The van der Waals surface area contributed by atoms with Gasteiger partial charge in [-0.15, -0.1) is 5.23 Å². The SMILES string of the molecule is COC(=O)CCc1cc(CCC(=O)OC)c(N(O)O)cc1N([O-])[O-]. The minimum atomic E-state index is -0.691. The lowest BCUT2D eigenvalue weighted by Crippen LogP contribution is -2.17. The van der Waals surface area contributed by atoms with E-state index in [2.05, 4.69) is 9.47 Å². The Hall–Kier alpha value is -2.40. The lowest BCUT2D eigenvalue weighted by Gasteiger charge is -2.40. The van der Waals surface area contributed by atoms with Gasteiger partial charge in [0.2, 0.25) is 0 Å². The van der Waals surface area contributed by atoms with Crippen LogP contribution in [0.5, 0.6) is 0 Å². The van der Waals surface area contributed by atoms with Crippen molar-refractivity contribution in [1.82, 2.24) is 0 Å². The number of hydrogen-bond donors (Lipinski definition) is 2. The van der Waals surface area contributed by atoms with E-state index in [1.165, 1.54) is 20.3 Å². The monoisotopic (exact) mass is 342 g/mol. The van der Waals surface area contributed by atoms with Crippen LogP contribution < -0.4 is 10.5 Å². The number of methoxy groups -OCH3 is 2. The second-order valence-corrected chi connectivity index (χ2v) is 4.81. The highest BCUT2D eigenvalue weighted by atomic mass is 16.8. The third-order valence-corrected chi connectivity index (χ3v) is 3.34. The number of hydrogen-bond acceptors (Lipinski definition) is 10. The van der Waals surface area contributed by atoms with Gasteiger partial charge in [0.05, 0.1) is 19.9 Å². The molecule has 2 N–H and O–H groups in total. The Bertz CT molecular complexity index is 541. The normalized spacial score (nSPS) is 10.2. The third-order valence-electron chi connectivity index (χ3n) is 3.34. The molecule has 134 valence electrons. The van der Waals surface area contributed by atoms with E-state index in [-0.39, 0.29) is 53.4 Å². The summed E-state index contributed by atoms with van der Waals surface area (Å²) in [5, 5.41) is 39.9. The van der Waals surface area contributed by atoms with Gasteiger partial charge in [-0.05, 0) is 30.0 Å². The number of esters is 2. The van der Waals surface area contributed by atoms with Crippen molar-refractivity contribution in [2.24, 2.45) is 0 Å². The fourth-order valence-corrected chi connectivity index (χ4v) is 2.11. The molecule has 10 nitrogen and oxygen atoms in total. The van der Waals surface area contributed by atoms with Gasteiger partial charge < -0.3 is 25.1 Å². The molecule has 0 atom stereocenters. The average Bonchev–Trinajstić information content (AvgIpc) is 2.56. The van der Waals surface area contributed by atoms with E-state index >= 15 is 0 Å². The minimum Gasteiger partial charge on any atom is -0.769 e. The van der Waals surface area contributed by atoms with Crippen molar-refractivity contribution in [3.63, 3.8) is 0 Å². The summed E-state index contributed by atoms with van der Waals surface area (Å²) in [6.45, 7) is 0. The van der Waals surface area contributed by atoms with E-state index in [1.807, 2.05) is 0 Å². The minimum absolute atomic E-state index is 0.0331. The van der Waals surface area contributed by atoms with Gasteiger partial charge in [0.15, 0.2) is 0 Å². The molecule has 0 bridgehead atoms. The number of anilines is 2. The molecule has 1 aromatic carbocycles. The van der Waals surface area contributed by atoms with Crippen LogP contribution in [-0.2, 0) is 31.9 Å². The van der Waals surface area contributed by atoms with Crippen molar-refractivity contribution in [2.45, 2.75) is 25.7 Å². The molecule has 0 spiro atoms. The zero-order chi connectivity index (χ0) is 18.3. The molecule has 1 aromatic rings. The summed E-state index contributed by atoms with van der Waals surface area (Å²) >= 11 is 0. The molecule has 0 radical (unpaired) electrons. The lowest BCUT2D eigenvalue weighted by atomic mass is 9.99. The highest BCUT2D eigenvalue weighted by Gasteiger charge is 2.15. The Kier molecular flexibility index (Phi) is 7.39. The van der Waals surface area contributed by atoms with E-state index < -0.39 is 17.2 Å². The molecule has 0 fully saturated rings. The average molecular weight is 342 g/mol. The van der Waals surface area contributed by atoms with Crippen LogP contribution >= 0.6 is 0 Å². The second-order valence-electron chi connectivity index (χ2n) is 4.81. The van der Waals surface area contributed by atoms with Crippen LogP contribution in [0.15, 0.2) is 12.1 Å². The number of rotatable bonds is 8. The lowest BCUT2D eigenvalue weighted by molar-refractivity contribution is -0.141. The zero-order valence-electron chi connectivity index (χ0n) is 13.2. The van der Waals surface area contributed by atoms with Crippen LogP contribution in [0, 0.1) is 10.4 Å². The Morgan fingerprint density at radius 1 is 0.958 bits per heavy atom. The Labute approximate surface area is 137 Å². The fourth-order valence-electron chi connectivity index (χ4n) is 2.11. The zero-order valence-corrected chi connectivity index (χ0v) is 13.2. The molecule has 1 rings (SSSR count). The predicted octanol–water partition coefficient (Wildman–Crippen LogP) is 1.28. The van der Waals surface area contributed by atoms with E-state index in [9.17, 15) is 30.4 Å². The van der Waals surface area contributed by atoms with E-state index in [0.717, 1.165) is 6.07 Å². The Morgan fingerprint density at radius 2 is 1.42 bits per heavy atom. The number of nitrogens with zero attached hydrogens (tertiary/aromatic N) is 2. The molecular formula is C14H18N2O8-2. The first-order chi connectivity index (χ1) is 11.3. The standard InChI is InChI=1S/C14H18N2O8/c1-23-13(17)5-3-9-7-10(4-6-14(18)24-2)12(16(21)22)8-11(9)15(19)20/h7-8,19-20H,3-6H2,1-2H3/q-2. The molecule has 0 aliphatic rings. The van der Waals surface area contributed by atoms with Gasteiger partial charge in [-0.25, -0.2) is 0 Å². The molecule has 0 saturated heterocycles. The fraction of sp³-hybridized carbons (Fsp3) is 0.429. The summed E-state index contributed by atoms with van der Waals surface area (Å²) < 4.78 is 9.01. The van der Waals surface area contributed by atoms with Crippen molar-refractivity contribution in [3.8, 4) is 0 Å². The number of aryl methyl sites for hydroxylation is 2. The van der Waals surface area contributed by atoms with Gasteiger partial charge in [0.25, 0.3) is 0 Å². The van der Waals surface area contributed by atoms with Crippen molar-refractivity contribution < 1.29 is 29.5 Å². The molecule has 0 aromatic heterocycles. The van der Waals surface area contributed by atoms with Crippen LogP contribution in [0.3, 0.4) is 0 Å². The van der Waals surface area contributed by atoms with Gasteiger partial charge in [0.1, 0.15) is 0 Å². The van der Waals surface area contributed by atoms with Crippen LogP contribution in [0.4, 0.5) is 11.4 Å². The first-order valence-corrected chi connectivity index (χ1v) is 6.91. The van der Waals surface area contributed by atoms with Gasteiger partial charge in [-0.2, -0.15) is 0 Å². The van der Waals surface area contributed by atoms with Crippen LogP contribution in [0.1, 0.15) is 24.0 Å². The predicted molar refractivity (Wildman–Crippen MR) is 82.4 cm³/mol. The largest absolute Gasteiger partial charge is 0.769 e. The number of benzene rings is 1. The van der Waals surface area contributed by atoms with Gasteiger partial charge in [0, 0.05) is 18.5 Å². The van der Waals surface area contributed by atoms with E-state index in [4.69, 9.17) is 0 Å². The highest BCUT2D eigenvalue weighted by molar-refractivity contribution is 5.73. The first kappa shape index (κ1) is 19.6. The number of ether oxygens (including phenoxy) is 2. The topological polar surface area (TPSA) is 146 Å². The number of carbonyl (C=O) groups excluding carboxylic acids is 2. The molecule has 0 aliphatic heterocycles. The smallest absolute Gasteiger partial charge is 0.305 e. The van der Waals surface area contributed by atoms with E-state index in [1.54, 1.807) is 0 Å². The summed E-state index contributed by atoms with van der Waals surface area (Å²) in [6, 6.07) is 2.33. The third kappa shape index (κ3) is 5.35. The summed E-state index contributed by atoms with van der Waals surface area (Å²) in [7, 11) is 2.42. The summed E-state index contributed by atoms with van der Waals surface area (Å²) in [4.78, 5) is 22.5. The van der Waals surface area contributed by atoms with Crippen LogP contribution in [-0.4, -0.2) is 36.6 Å². The molecule has 0 saturated carbocycles. The summed E-state index contributed by atoms with van der Waals surface area (Å²) in [5.74, 6) is -1.05. The Morgan fingerprint density at radius 3 is 1.79 bits per heavy atom. The molecule has 0 amide bonds. The van der Waals surface area contributed by atoms with E-state index in [0.29, 0.717) is 0 Å². The quantitative estimate of drug-likeness (QED) is 0.523. The summed E-state index contributed by atoms with van der Waals surface area (Å²) in [6.07, 6.45) is -0.0190. The van der Waals surface area contributed by atoms with Crippen LogP contribution in [0.25, 0.3) is 0 Å². The molecule has 24 heavy (non-hydrogen) atoms. The summed E-state index contributed by atoms with van der Waals surface area (Å²) in [5.41, 5.74) is -0.0945. The van der Waals surface area contributed by atoms with Gasteiger partial charge >= 0.3 is 11.9 Å². The van der Waals surface area contributed by atoms with Crippen molar-refractivity contribution in [3.05, 3.63) is 33.7 Å². The molecular weight excluding hydrogens is 324 g/mol. The van der Waals surface area contributed by atoms with Crippen molar-refractivity contribution in [2.75, 3.05) is 24.7 Å². The second kappa shape index (κ2) is 9.03. The Balaban J connectivity index is 3.19. The van der Waals surface area contributed by atoms with Gasteiger partial charge in [-0.1, -0.05) is 6.07 Å². The van der Waals surface area contributed by atoms with Crippen molar-refractivity contribution >= 4 is 23.3 Å². The molecule has 0 unspecified atom stereocenters. The maximum absolute atomic E-state index is 11.3. The molecule has 0 heterocycles.